The van der Waals surface area contributed by atoms with Gasteiger partial charge in [0.25, 0.3) is 0 Å². The second-order valence-electron chi connectivity index (χ2n) is 4.14. The summed E-state index contributed by atoms with van der Waals surface area (Å²) in [6.45, 7) is 7.04. The van der Waals surface area contributed by atoms with E-state index in [0.717, 1.165) is 0 Å². The molecule has 0 aliphatic rings. The summed E-state index contributed by atoms with van der Waals surface area (Å²) in [6.07, 6.45) is 0. The molecule has 1 heterocycles. The Labute approximate surface area is 107 Å². The van der Waals surface area contributed by atoms with Gasteiger partial charge in [-0.1, -0.05) is 12.1 Å². The topological polar surface area (TPSA) is 87.2 Å². The van der Waals surface area contributed by atoms with Crippen molar-refractivity contribution < 1.29 is 12.9 Å². The van der Waals surface area contributed by atoms with Crippen molar-refractivity contribution in [1.29, 1.82) is 5.26 Å². The maximum atomic E-state index is 12.4. The van der Waals surface area contributed by atoms with Gasteiger partial charge in [0, 0.05) is 13.1 Å². The predicted octanol–water partition coefficient (Wildman–Crippen LogP) is 1.46. The summed E-state index contributed by atoms with van der Waals surface area (Å²) in [4.78, 5) is 0.106. The van der Waals surface area contributed by atoms with E-state index < -0.39 is 10.0 Å². The zero-order valence-corrected chi connectivity index (χ0v) is 11.8. The van der Waals surface area contributed by atoms with Crippen LogP contribution in [0.15, 0.2) is 9.42 Å². The molecular weight excluding hydrogens is 254 g/mol. The molecule has 1 unspecified atom stereocenters. The van der Waals surface area contributed by atoms with Gasteiger partial charge in [-0.3, -0.25) is 0 Å². The molecule has 0 aromatic carbocycles. The maximum absolute atomic E-state index is 12.4. The minimum atomic E-state index is -3.65. The Morgan fingerprint density at radius 1 is 1.50 bits per heavy atom. The fraction of sp³-hybridized carbons (Fsp3) is 0.636. The average molecular weight is 271 g/mol. The van der Waals surface area contributed by atoms with Gasteiger partial charge in [0.15, 0.2) is 5.76 Å². The molecule has 1 rings (SSSR count). The first-order chi connectivity index (χ1) is 8.34. The van der Waals surface area contributed by atoms with Crippen LogP contribution < -0.4 is 0 Å². The molecule has 0 aliphatic heterocycles. The van der Waals surface area contributed by atoms with Gasteiger partial charge in [0.1, 0.15) is 10.6 Å². The van der Waals surface area contributed by atoms with E-state index in [1.54, 1.807) is 27.7 Å². The number of aromatic nitrogens is 1. The molecule has 0 fully saturated rings. The molecule has 7 heteroatoms. The van der Waals surface area contributed by atoms with Crippen LogP contribution in [0.4, 0.5) is 0 Å². The lowest BCUT2D eigenvalue weighted by Gasteiger charge is -2.21. The highest BCUT2D eigenvalue weighted by atomic mass is 32.2. The van der Waals surface area contributed by atoms with Gasteiger partial charge in [-0.15, -0.1) is 0 Å². The summed E-state index contributed by atoms with van der Waals surface area (Å²) >= 11 is 0. The van der Waals surface area contributed by atoms with Crippen molar-refractivity contribution in [2.75, 3.05) is 13.1 Å². The van der Waals surface area contributed by atoms with Crippen molar-refractivity contribution in [3.8, 4) is 6.07 Å². The first kappa shape index (κ1) is 14.7. The van der Waals surface area contributed by atoms with Crippen LogP contribution >= 0.6 is 0 Å². The third-order valence-corrected chi connectivity index (χ3v) is 4.80. The third-order valence-electron chi connectivity index (χ3n) is 2.62. The molecular formula is C11H17N3O3S. The molecule has 1 aromatic rings. The van der Waals surface area contributed by atoms with E-state index in [1.165, 1.54) is 4.31 Å². The van der Waals surface area contributed by atoms with Crippen molar-refractivity contribution in [1.82, 2.24) is 9.46 Å². The van der Waals surface area contributed by atoms with Crippen LogP contribution in [0, 0.1) is 31.1 Å². The minimum Gasteiger partial charge on any atom is -0.360 e. The third kappa shape index (κ3) is 2.71. The lowest BCUT2D eigenvalue weighted by Crippen LogP contribution is -2.34. The standard InChI is InChI=1S/C11H17N3O3S/c1-5-14(7-8(2)6-12)18(15,16)11-9(3)13-17-10(11)4/h8H,5,7H2,1-4H3. The molecule has 6 nitrogen and oxygen atoms in total. The summed E-state index contributed by atoms with van der Waals surface area (Å²) in [5, 5.41) is 12.4. The Hall–Kier alpha value is -1.39. The molecule has 0 bridgehead atoms. The van der Waals surface area contributed by atoms with Crippen molar-refractivity contribution in [2.45, 2.75) is 32.6 Å². The number of aryl methyl sites for hydroxylation is 2. The van der Waals surface area contributed by atoms with Gasteiger partial charge in [-0.05, 0) is 20.8 Å². The molecule has 0 N–H and O–H groups in total. The van der Waals surface area contributed by atoms with E-state index in [2.05, 4.69) is 5.16 Å². The van der Waals surface area contributed by atoms with Gasteiger partial charge in [-0.2, -0.15) is 9.57 Å². The summed E-state index contributed by atoms with van der Waals surface area (Å²) in [7, 11) is -3.65. The molecule has 100 valence electrons. The molecule has 1 aromatic heterocycles. The Bertz CT molecular complexity index is 537. The zero-order valence-electron chi connectivity index (χ0n) is 11.0. The fourth-order valence-electron chi connectivity index (χ4n) is 1.72. The van der Waals surface area contributed by atoms with E-state index in [4.69, 9.17) is 9.78 Å². The van der Waals surface area contributed by atoms with E-state index in [1.807, 2.05) is 6.07 Å². The quantitative estimate of drug-likeness (QED) is 0.809. The van der Waals surface area contributed by atoms with Crippen LogP contribution in [0.1, 0.15) is 25.3 Å². The monoisotopic (exact) mass is 271 g/mol. The number of hydrogen-bond acceptors (Lipinski definition) is 5. The highest BCUT2D eigenvalue weighted by molar-refractivity contribution is 7.89. The van der Waals surface area contributed by atoms with E-state index in [9.17, 15) is 8.42 Å². The summed E-state index contributed by atoms with van der Waals surface area (Å²) in [5.41, 5.74) is 0.343. The van der Waals surface area contributed by atoms with Crippen LogP contribution in [0.2, 0.25) is 0 Å². The normalized spacial score (nSPS) is 13.6. The lowest BCUT2D eigenvalue weighted by molar-refractivity contribution is 0.385. The number of rotatable bonds is 5. The summed E-state index contributed by atoms with van der Waals surface area (Å²) < 4.78 is 31.0. The first-order valence-electron chi connectivity index (χ1n) is 5.67. The predicted molar refractivity (Wildman–Crippen MR) is 65.2 cm³/mol. The van der Waals surface area contributed by atoms with E-state index in [0.29, 0.717) is 12.2 Å². The highest BCUT2D eigenvalue weighted by Gasteiger charge is 2.30. The lowest BCUT2D eigenvalue weighted by atomic mass is 10.2. The van der Waals surface area contributed by atoms with Gasteiger partial charge in [0.2, 0.25) is 10.0 Å². The van der Waals surface area contributed by atoms with E-state index in [-0.39, 0.29) is 23.1 Å². The second kappa shape index (κ2) is 5.50. The Kier molecular flexibility index (Phi) is 4.48. The smallest absolute Gasteiger partial charge is 0.248 e. The van der Waals surface area contributed by atoms with Crippen molar-refractivity contribution in [2.24, 2.45) is 5.92 Å². The number of nitriles is 1. The SMILES string of the molecule is CCN(CC(C)C#N)S(=O)(=O)c1c(C)noc1C. The summed E-state index contributed by atoms with van der Waals surface area (Å²) in [6, 6.07) is 2.03. The van der Waals surface area contributed by atoms with Gasteiger partial charge >= 0.3 is 0 Å². The number of nitrogens with zero attached hydrogens (tertiary/aromatic N) is 3. The van der Waals surface area contributed by atoms with Crippen LogP contribution in [0.25, 0.3) is 0 Å². The van der Waals surface area contributed by atoms with Crippen LogP contribution in [-0.2, 0) is 10.0 Å². The van der Waals surface area contributed by atoms with Gasteiger partial charge in [-0.25, -0.2) is 8.42 Å². The second-order valence-corrected chi connectivity index (χ2v) is 6.01. The van der Waals surface area contributed by atoms with Gasteiger partial charge in [0.05, 0.1) is 12.0 Å². The molecule has 0 spiro atoms. The van der Waals surface area contributed by atoms with Crippen LogP contribution in [0.3, 0.4) is 0 Å². The first-order valence-corrected chi connectivity index (χ1v) is 7.11. The van der Waals surface area contributed by atoms with Crippen LogP contribution in [0.5, 0.6) is 0 Å². The molecule has 0 amide bonds. The van der Waals surface area contributed by atoms with E-state index >= 15 is 0 Å². The Morgan fingerprint density at radius 3 is 2.50 bits per heavy atom. The van der Waals surface area contributed by atoms with Crippen molar-refractivity contribution >= 4 is 10.0 Å². The number of hydrogen-bond donors (Lipinski definition) is 0. The van der Waals surface area contributed by atoms with Crippen molar-refractivity contribution in [3.63, 3.8) is 0 Å². The minimum absolute atomic E-state index is 0.106. The number of sulfonamides is 1. The highest BCUT2D eigenvalue weighted by Crippen LogP contribution is 2.23. The molecule has 1 atom stereocenters. The zero-order chi connectivity index (χ0) is 13.9. The van der Waals surface area contributed by atoms with Crippen molar-refractivity contribution in [3.05, 3.63) is 11.5 Å². The van der Waals surface area contributed by atoms with Crippen LogP contribution in [-0.4, -0.2) is 31.0 Å². The Morgan fingerprint density at radius 2 is 2.11 bits per heavy atom. The Balaban J connectivity index is 3.16. The summed E-state index contributed by atoms with van der Waals surface area (Å²) in [5.74, 6) is -0.0873. The maximum Gasteiger partial charge on any atom is 0.248 e. The molecule has 0 radical (unpaired) electrons. The largest absolute Gasteiger partial charge is 0.360 e. The average Bonchev–Trinajstić information content (AvgIpc) is 2.65. The van der Waals surface area contributed by atoms with Gasteiger partial charge < -0.3 is 4.52 Å². The molecule has 0 saturated heterocycles. The fourth-order valence-corrected chi connectivity index (χ4v) is 3.54. The molecule has 18 heavy (non-hydrogen) atoms. The molecule has 0 saturated carbocycles. The molecule has 0 aliphatic carbocycles.